The zero-order valence-electron chi connectivity index (χ0n) is 19.1. The predicted molar refractivity (Wildman–Crippen MR) is 130 cm³/mol. The van der Waals surface area contributed by atoms with E-state index in [1.165, 1.54) is 0 Å². The summed E-state index contributed by atoms with van der Waals surface area (Å²) in [4.78, 5) is 2.19. The lowest BCUT2D eigenvalue weighted by atomic mass is 9.83. The lowest BCUT2D eigenvalue weighted by Crippen LogP contribution is -2.49. The summed E-state index contributed by atoms with van der Waals surface area (Å²) in [5, 5.41) is 20.1. The number of likely N-dealkylation sites (tertiary alicyclic amines) is 1. The first-order valence-electron chi connectivity index (χ1n) is 11.6. The summed E-state index contributed by atoms with van der Waals surface area (Å²) in [7, 11) is 0. The second kappa shape index (κ2) is 9.39. The summed E-state index contributed by atoms with van der Waals surface area (Å²) in [5.74, 6) is 2.66. The average molecular weight is 462 g/mol. The van der Waals surface area contributed by atoms with Crippen molar-refractivity contribution in [3.05, 3.63) is 83.4 Å². The third kappa shape index (κ3) is 4.46. The number of phenolic OH excluding ortho intramolecular Hbond substituents is 2. The van der Waals surface area contributed by atoms with Crippen molar-refractivity contribution in [2.45, 2.75) is 12.8 Å². The SMILES string of the molecule is C[C@@H]1C(c2cccc(O)c2)=C(c2ccc(OCCN3CC(CF)C3)cc2)Oc2ccc(O)cc21. The molecule has 0 unspecified atom stereocenters. The first-order valence-corrected chi connectivity index (χ1v) is 11.6. The van der Waals surface area contributed by atoms with Crippen molar-refractivity contribution >= 4 is 11.3 Å². The summed E-state index contributed by atoms with van der Waals surface area (Å²) in [6.07, 6.45) is 0. The van der Waals surface area contributed by atoms with E-state index >= 15 is 0 Å². The molecule has 5 nitrogen and oxygen atoms in total. The van der Waals surface area contributed by atoms with Crippen LogP contribution >= 0.6 is 0 Å². The van der Waals surface area contributed by atoms with Gasteiger partial charge in [-0.15, -0.1) is 0 Å². The van der Waals surface area contributed by atoms with Crippen LogP contribution in [0.3, 0.4) is 0 Å². The van der Waals surface area contributed by atoms with Crippen LogP contribution in [0, 0.1) is 5.92 Å². The highest BCUT2D eigenvalue weighted by Gasteiger charge is 2.29. The zero-order chi connectivity index (χ0) is 23.7. The van der Waals surface area contributed by atoms with Crippen LogP contribution in [0.15, 0.2) is 66.7 Å². The molecule has 1 atom stereocenters. The summed E-state index contributed by atoms with van der Waals surface area (Å²) >= 11 is 0. The maximum atomic E-state index is 12.6. The molecule has 0 spiro atoms. The third-order valence-corrected chi connectivity index (χ3v) is 6.55. The number of nitrogens with zero attached hydrogens (tertiary/aromatic N) is 1. The van der Waals surface area contributed by atoms with E-state index in [4.69, 9.17) is 9.47 Å². The number of hydrogen-bond acceptors (Lipinski definition) is 5. The lowest BCUT2D eigenvalue weighted by molar-refractivity contribution is 0.0668. The second-order valence-corrected chi connectivity index (χ2v) is 8.99. The van der Waals surface area contributed by atoms with Gasteiger partial charge in [0, 0.05) is 48.2 Å². The molecule has 2 aliphatic rings. The van der Waals surface area contributed by atoms with Crippen LogP contribution in [0.5, 0.6) is 23.0 Å². The molecule has 0 aliphatic carbocycles. The molecule has 2 N–H and O–H groups in total. The molecule has 0 radical (unpaired) electrons. The molecule has 0 bridgehead atoms. The van der Waals surface area contributed by atoms with Crippen LogP contribution in [0.2, 0.25) is 0 Å². The fourth-order valence-corrected chi connectivity index (χ4v) is 4.71. The van der Waals surface area contributed by atoms with Crippen LogP contribution < -0.4 is 9.47 Å². The molecule has 34 heavy (non-hydrogen) atoms. The number of rotatable bonds is 7. The van der Waals surface area contributed by atoms with E-state index in [1.54, 1.807) is 30.3 Å². The van der Waals surface area contributed by atoms with Gasteiger partial charge in [0.2, 0.25) is 0 Å². The minimum Gasteiger partial charge on any atom is -0.508 e. The molecule has 2 aliphatic heterocycles. The number of hydrogen-bond donors (Lipinski definition) is 2. The highest BCUT2D eigenvalue weighted by atomic mass is 19.1. The molecular weight excluding hydrogens is 433 g/mol. The van der Waals surface area contributed by atoms with E-state index in [-0.39, 0.29) is 30.0 Å². The monoisotopic (exact) mass is 461 g/mol. The Balaban J connectivity index is 1.40. The highest BCUT2D eigenvalue weighted by Crippen LogP contribution is 2.47. The van der Waals surface area contributed by atoms with Gasteiger partial charge >= 0.3 is 0 Å². The summed E-state index contributed by atoms with van der Waals surface area (Å²) < 4.78 is 24.8. The van der Waals surface area contributed by atoms with Gasteiger partial charge in [-0.25, -0.2) is 0 Å². The molecule has 1 saturated heterocycles. The summed E-state index contributed by atoms with van der Waals surface area (Å²) in [5.41, 5.74) is 3.58. The zero-order valence-corrected chi connectivity index (χ0v) is 19.1. The topological polar surface area (TPSA) is 62.2 Å². The van der Waals surface area contributed by atoms with Gasteiger partial charge in [-0.1, -0.05) is 19.1 Å². The van der Waals surface area contributed by atoms with Crippen LogP contribution in [-0.2, 0) is 0 Å². The van der Waals surface area contributed by atoms with Crippen molar-refractivity contribution in [1.82, 2.24) is 4.90 Å². The van der Waals surface area contributed by atoms with Crippen molar-refractivity contribution in [2.75, 3.05) is 32.9 Å². The Morgan fingerprint density at radius 2 is 1.74 bits per heavy atom. The normalized spacial score (nSPS) is 18.2. The first-order chi connectivity index (χ1) is 16.5. The van der Waals surface area contributed by atoms with Gasteiger partial charge < -0.3 is 19.7 Å². The molecular formula is C28H28FNO4. The number of fused-ring (bicyclic) bond motifs is 1. The van der Waals surface area contributed by atoms with Crippen molar-refractivity contribution < 1.29 is 24.1 Å². The second-order valence-electron chi connectivity index (χ2n) is 8.99. The number of aromatic hydroxyl groups is 2. The lowest BCUT2D eigenvalue weighted by Gasteiger charge is -2.37. The van der Waals surface area contributed by atoms with Gasteiger partial charge in [-0.2, -0.15) is 0 Å². The summed E-state index contributed by atoms with van der Waals surface area (Å²) in [6.45, 7) is 4.78. The Bertz CT molecular complexity index is 1200. The minimum atomic E-state index is -0.244. The number of phenols is 2. The van der Waals surface area contributed by atoms with E-state index in [2.05, 4.69) is 11.8 Å². The minimum absolute atomic E-state index is 0.0618. The molecule has 0 saturated carbocycles. The maximum absolute atomic E-state index is 12.6. The third-order valence-electron chi connectivity index (χ3n) is 6.55. The van der Waals surface area contributed by atoms with E-state index in [9.17, 15) is 14.6 Å². The molecule has 5 rings (SSSR count). The van der Waals surface area contributed by atoms with E-state index in [0.717, 1.165) is 47.6 Å². The van der Waals surface area contributed by atoms with Gasteiger partial charge in [0.25, 0.3) is 0 Å². The van der Waals surface area contributed by atoms with Gasteiger partial charge in [-0.3, -0.25) is 9.29 Å². The molecule has 6 heteroatoms. The van der Waals surface area contributed by atoms with E-state index in [1.807, 2.05) is 36.4 Å². The number of halogens is 1. The van der Waals surface area contributed by atoms with Crippen LogP contribution in [0.25, 0.3) is 11.3 Å². The molecule has 3 aromatic carbocycles. The Hall–Kier alpha value is -3.51. The Morgan fingerprint density at radius 1 is 0.971 bits per heavy atom. The summed E-state index contributed by atoms with van der Waals surface area (Å²) in [6, 6.07) is 20.0. The van der Waals surface area contributed by atoms with Crippen molar-refractivity contribution in [1.29, 1.82) is 0 Å². The Morgan fingerprint density at radius 3 is 2.47 bits per heavy atom. The van der Waals surface area contributed by atoms with Crippen molar-refractivity contribution in [2.24, 2.45) is 5.92 Å². The molecule has 3 aromatic rings. The van der Waals surface area contributed by atoms with Crippen LogP contribution in [-0.4, -0.2) is 48.0 Å². The number of alkyl halides is 1. The van der Waals surface area contributed by atoms with Crippen molar-refractivity contribution in [3.8, 4) is 23.0 Å². The quantitative estimate of drug-likeness (QED) is 0.491. The Kier molecular flexibility index (Phi) is 6.16. The fourth-order valence-electron chi connectivity index (χ4n) is 4.71. The highest BCUT2D eigenvalue weighted by molar-refractivity contribution is 5.93. The number of benzene rings is 3. The van der Waals surface area contributed by atoms with E-state index in [0.29, 0.717) is 18.1 Å². The standard InChI is InChI=1S/C28H28FNO4/c1-18-25-14-23(32)7-10-26(25)34-28(27(18)21-3-2-4-22(31)13-21)20-5-8-24(9-6-20)33-12-11-30-16-19(15-29)17-30/h2-10,13-14,18-19,31-32H,11-12,15-17H2,1H3/t18-/m0/s1. The maximum Gasteiger partial charge on any atom is 0.139 e. The largest absolute Gasteiger partial charge is 0.508 e. The molecule has 176 valence electrons. The molecule has 0 aromatic heterocycles. The smallest absolute Gasteiger partial charge is 0.139 e. The fraction of sp³-hybridized carbons (Fsp3) is 0.286. The van der Waals surface area contributed by atoms with Gasteiger partial charge in [0.15, 0.2) is 0 Å². The van der Waals surface area contributed by atoms with Crippen molar-refractivity contribution in [3.63, 3.8) is 0 Å². The number of allylic oxidation sites excluding steroid dienone is 1. The molecule has 0 amide bonds. The average Bonchev–Trinajstić information content (AvgIpc) is 2.81. The first kappa shape index (κ1) is 22.3. The van der Waals surface area contributed by atoms with Gasteiger partial charge in [0.05, 0.1) is 6.67 Å². The van der Waals surface area contributed by atoms with Gasteiger partial charge in [0.1, 0.15) is 35.4 Å². The molecule has 1 fully saturated rings. The number of ether oxygens (including phenoxy) is 2. The van der Waals surface area contributed by atoms with Gasteiger partial charge in [-0.05, 0) is 60.2 Å². The predicted octanol–water partition coefficient (Wildman–Crippen LogP) is 5.44. The van der Waals surface area contributed by atoms with Crippen LogP contribution in [0.4, 0.5) is 4.39 Å². The van der Waals surface area contributed by atoms with E-state index < -0.39 is 0 Å². The Labute approximate surface area is 198 Å². The van der Waals surface area contributed by atoms with Crippen LogP contribution in [0.1, 0.15) is 29.5 Å². The molecule has 2 heterocycles.